The third-order valence-corrected chi connectivity index (χ3v) is 3.09. The number of guanidine groups is 1. The number of halogens is 1. The predicted molar refractivity (Wildman–Crippen MR) is 108 cm³/mol. The first-order valence-electron chi connectivity index (χ1n) is 7.88. The van der Waals surface area contributed by atoms with Gasteiger partial charge in [-0.1, -0.05) is 32.9 Å². The number of rotatable bonds is 7. The van der Waals surface area contributed by atoms with Gasteiger partial charge in [-0.3, -0.25) is 9.79 Å². The zero-order valence-corrected chi connectivity index (χ0v) is 16.8. The summed E-state index contributed by atoms with van der Waals surface area (Å²) in [6.45, 7) is 8.55. The highest BCUT2D eigenvalue weighted by molar-refractivity contribution is 14.0. The SMILES string of the molecule is CCCNC(=O)c1cccc(CNC(=NC)NCC(C)C)c1.I. The molecule has 5 nitrogen and oxygen atoms in total. The van der Waals surface area contributed by atoms with Crippen LogP contribution in [0.15, 0.2) is 29.3 Å². The molecule has 0 unspecified atom stereocenters. The Hall–Kier alpha value is -1.31. The van der Waals surface area contributed by atoms with E-state index >= 15 is 0 Å². The summed E-state index contributed by atoms with van der Waals surface area (Å²) in [5.74, 6) is 1.31. The Bertz CT molecular complexity index is 503. The molecule has 0 aliphatic rings. The van der Waals surface area contributed by atoms with Gasteiger partial charge >= 0.3 is 0 Å². The van der Waals surface area contributed by atoms with Crippen molar-refractivity contribution in [1.29, 1.82) is 0 Å². The Morgan fingerprint density at radius 2 is 1.96 bits per heavy atom. The van der Waals surface area contributed by atoms with Gasteiger partial charge in [-0.2, -0.15) is 0 Å². The second-order valence-corrected chi connectivity index (χ2v) is 5.66. The summed E-state index contributed by atoms with van der Waals surface area (Å²) >= 11 is 0. The first-order chi connectivity index (χ1) is 10.6. The van der Waals surface area contributed by atoms with Gasteiger partial charge in [0.25, 0.3) is 5.91 Å². The van der Waals surface area contributed by atoms with Crippen molar-refractivity contribution >= 4 is 35.8 Å². The van der Waals surface area contributed by atoms with E-state index in [9.17, 15) is 4.79 Å². The molecule has 1 amide bonds. The first-order valence-corrected chi connectivity index (χ1v) is 7.88. The number of nitrogens with one attached hydrogen (secondary N) is 3. The molecule has 0 bridgehead atoms. The standard InChI is InChI=1S/C17H28N4O.HI/c1-5-9-19-16(22)15-8-6-7-14(10-15)12-21-17(18-4)20-11-13(2)3;/h6-8,10,13H,5,9,11-12H2,1-4H3,(H,19,22)(H2,18,20,21);1H. The summed E-state index contributed by atoms with van der Waals surface area (Å²) in [5, 5.41) is 9.41. The van der Waals surface area contributed by atoms with Gasteiger partial charge in [0.2, 0.25) is 0 Å². The summed E-state index contributed by atoms with van der Waals surface area (Å²) in [6, 6.07) is 7.65. The molecule has 23 heavy (non-hydrogen) atoms. The summed E-state index contributed by atoms with van der Waals surface area (Å²) in [6.07, 6.45) is 0.935. The van der Waals surface area contributed by atoms with Crippen molar-refractivity contribution in [2.75, 3.05) is 20.1 Å². The van der Waals surface area contributed by atoms with Gasteiger partial charge < -0.3 is 16.0 Å². The molecule has 3 N–H and O–H groups in total. The Morgan fingerprint density at radius 1 is 1.22 bits per heavy atom. The highest BCUT2D eigenvalue weighted by Gasteiger charge is 2.06. The summed E-state index contributed by atoms with van der Waals surface area (Å²) in [4.78, 5) is 16.1. The van der Waals surface area contributed by atoms with Crippen LogP contribution in [0.25, 0.3) is 0 Å². The van der Waals surface area contributed by atoms with Crippen LogP contribution in [0, 0.1) is 5.92 Å². The van der Waals surface area contributed by atoms with Crippen LogP contribution in [0.2, 0.25) is 0 Å². The molecule has 130 valence electrons. The predicted octanol–water partition coefficient (Wildman–Crippen LogP) is 2.77. The van der Waals surface area contributed by atoms with E-state index in [0.29, 0.717) is 24.6 Å². The number of nitrogens with zero attached hydrogens (tertiary/aromatic N) is 1. The number of carbonyl (C=O) groups is 1. The van der Waals surface area contributed by atoms with Crippen LogP contribution in [0.1, 0.15) is 43.1 Å². The lowest BCUT2D eigenvalue weighted by Gasteiger charge is -2.14. The molecule has 0 saturated carbocycles. The van der Waals surface area contributed by atoms with Crippen LogP contribution in [0.5, 0.6) is 0 Å². The molecule has 0 fully saturated rings. The number of aliphatic imine (C=N–C) groups is 1. The summed E-state index contributed by atoms with van der Waals surface area (Å²) in [5.41, 5.74) is 1.74. The number of amides is 1. The van der Waals surface area contributed by atoms with Gasteiger partial charge in [-0.25, -0.2) is 0 Å². The minimum Gasteiger partial charge on any atom is -0.356 e. The van der Waals surface area contributed by atoms with Crippen molar-refractivity contribution in [2.45, 2.75) is 33.7 Å². The number of hydrogen-bond acceptors (Lipinski definition) is 2. The molecule has 6 heteroatoms. The van der Waals surface area contributed by atoms with Gasteiger partial charge in [0.15, 0.2) is 5.96 Å². The molecule has 0 aliphatic heterocycles. The minimum atomic E-state index is -0.0222. The second-order valence-electron chi connectivity index (χ2n) is 5.66. The monoisotopic (exact) mass is 432 g/mol. The van der Waals surface area contributed by atoms with E-state index in [2.05, 4.69) is 34.8 Å². The first kappa shape index (κ1) is 21.7. The van der Waals surface area contributed by atoms with Crippen LogP contribution >= 0.6 is 24.0 Å². The molecular formula is C17H29IN4O. The van der Waals surface area contributed by atoms with Gasteiger partial charge in [0.1, 0.15) is 0 Å². The molecule has 0 aliphatic carbocycles. The molecule has 1 aromatic carbocycles. The molecule has 0 aromatic heterocycles. The molecule has 1 aromatic rings. The minimum absolute atomic E-state index is 0. The fourth-order valence-corrected chi connectivity index (χ4v) is 1.87. The second kappa shape index (κ2) is 12.2. The van der Waals surface area contributed by atoms with E-state index in [1.807, 2.05) is 31.2 Å². The molecule has 0 radical (unpaired) electrons. The Labute approximate surface area is 156 Å². The van der Waals surface area contributed by atoms with E-state index in [1.54, 1.807) is 7.05 Å². The fraction of sp³-hybridized carbons (Fsp3) is 0.529. The van der Waals surface area contributed by atoms with E-state index < -0.39 is 0 Å². The maximum atomic E-state index is 12.0. The highest BCUT2D eigenvalue weighted by atomic mass is 127. The lowest BCUT2D eigenvalue weighted by atomic mass is 10.1. The third kappa shape index (κ3) is 8.78. The van der Waals surface area contributed by atoms with Crippen molar-refractivity contribution in [2.24, 2.45) is 10.9 Å². The smallest absolute Gasteiger partial charge is 0.251 e. The van der Waals surface area contributed by atoms with E-state index in [-0.39, 0.29) is 29.9 Å². The largest absolute Gasteiger partial charge is 0.356 e. The lowest BCUT2D eigenvalue weighted by Crippen LogP contribution is -2.38. The zero-order valence-electron chi connectivity index (χ0n) is 14.5. The quantitative estimate of drug-likeness (QED) is 0.353. The van der Waals surface area contributed by atoms with Crippen molar-refractivity contribution in [3.8, 4) is 0 Å². The Kier molecular flexibility index (Phi) is 11.5. The Balaban J connectivity index is 0.00000484. The van der Waals surface area contributed by atoms with Gasteiger partial charge in [-0.05, 0) is 30.0 Å². The molecular weight excluding hydrogens is 403 g/mol. The molecule has 0 atom stereocenters. The third-order valence-electron chi connectivity index (χ3n) is 3.09. The highest BCUT2D eigenvalue weighted by Crippen LogP contribution is 2.05. The number of carbonyl (C=O) groups excluding carboxylic acids is 1. The topological polar surface area (TPSA) is 65.5 Å². The summed E-state index contributed by atoms with van der Waals surface area (Å²) in [7, 11) is 1.75. The van der Waals surface area contributed by atoms with E-state index in [1.165, 1.54) is 0 Å². The molecule has 0 saturated heterocycles. The van der Waals surface area contributed by atoms with Gasteiger partial charge in [-0.15, -0.1) is 24.0 Å². The summed E-state index contributed by atoms with van der Waals surface area (Å²) < 4.78 is 0. The van der Waals surface area contributed by atoms with Crippen molar-refractivity contribution in [3.05, 3.63) is 35.4 Å². The van der Waals surface area contributed by atoms with Gasteiger partial charge in [0, 0.05) is 32.2 Å². The molecule has 1 rings (SSSR count). The van der Waals surface area contributed by atoms with Gasteiger partial charge in [0.05, 0.1) is 0 Å². The number of benzene rings is 1. The average Bonchev–Trinajstić information content (AvgIpc) is 2.52. The van der Waals surface area contributed by atoms with Crippen molar-refractivity contribution < 1.29 is 4.79 Å². The van der Waals surface area contributed by atoms with Crippen LogP contribution in [-0.2, 0) is 6.54 Å². The van der Waals surface area contributed by atoms with E-state index in [0.717, 1.165) is 24.5 Å². The molecule has 0 heterocycles. The van der Waals surface area contributed by atoms with E-state index in [4.69, 9.17) is 0 Å². The lowest BCUT2D eigenvalue weighted by molar-refractivity contribution is 0.0953. The Morgan fingerprint density at radius 3 is 2.57 bits per heavy atom. The van der Waals surface area contributed by atoms with Crippen LogP contribution in [0.4, 0.5) is 0 Å². The van der Waals surface area contributed by atoms with Crippen LogP contribution in [-0.4, -0.2) is 32.0 Å². The van der Waals surface area contributed by atoms with Crippen molar-refractivity contribution in [1.82, 2.24) is 16.0 Å². The zero-order chi connectivity index (χ0) is 16.4. The average molecular weight is 432 g/mol. The maximum Gasteiger partial charge on any atom is 0.251 e. The van der Waals surface area contributed by atoms with Crippen LogP contribution < -0.4 is 16.0 Å². The number of hydrogen-bond donors (Lipinski definition) is 3. The van der Waals surface area contributed by atoms with Crippen molar-refractivity contribution in [3.63, 3.8) is 0 Å². The normalized spacial score (nSPS) is 10.9. The fourth-order valence-electron chi connectivity index (χ4n) is 1.87. The van der Waals surface area contributed by atoms with Crippen LogP contribution in [0.3, 0.4) is 0 Å². The maximum absolute atomic E-state index is 12.0. The molecule has 0 spiro atoms.